The van der Waals surface area contributed by atoms with Crippen LogP contribution in [0.3, 0.4) is 0 Å². The number of fused-ring (bicyclic) bond motifs is 1. The molecular formula is C13H9BrFN3. The van der Waals surface area contributed by atoms with E-state index in [1.165, 1.54) is 6.07 Å². The van der Waals surface area contributed by atoms with Crippen molar-refractivity contribution in [1.82, 2.24) is 15.0 Å². The molecule has 0 saturated heterocycles. The van der Waals surface area contributed by atoms with Crippen LogP contribution < -0.4 is 0 Å². The van der Waals surface area contributed by atoms with Crippen molar-refractivity contribution in [2.45, 2.75) is 6.92 Å². The van der Waals surface area contributed by atoms with E-state index < -0.39 is 0 Å². The Kier molecular flexibility index (Phi) is 2.63. The molecule has 2 aromatic heterocycles. The molecule has 0 radical (unpaired) electrons. The van der Waals surface area contributed by atoms with Crippen LogP contribution in [0.15, 0.2) is 34.9 Å². The molecule has 0 aliphatic heterocycles. The first-order valence-electron chi connectivity index (χ1n) is 5.41. The number of benzene rings is 1. The summed E-state index contributed by atoms with van der Waals surface area (Å²) in [6, 6.07) is 6.83. The summed E-state index contributed by atoms with van der Waals surface area (Å²) in [6.45, 7) is 1.73. The summed E-state index contributed by atoms with van der Waals surface area (Å²) < 4.78 is 14.1. The molecule has 1 aromatic carbocycles. The highest BCUT2D eigenvalue weighted by molar-refractivity contribution is 9.10. The minimum absolute atomic E-state index is 0.212. The van der Waals surface area contributed by atoms with Crippen molar-refractivity contribution in [1.29, 1.82) is 0 Å². The summed E-state index contributed by atoms with van der Waals surface area (Å²) in [6.07, 6.45) is 1.70. The van der Waals surface area contributed by atoms with Gasteiger partial charge in [-0.1, -0.05) is 0 Å². The van der Waals surface area contributed by atoms with Crippen molar-refractivity contribution < 1.29 is 4.39 Å². The van der Waals surface area contributed by atoms with Crippen molar-refractivity contribution in [3.63, 3.8) is 0 Å². The van der Waals surface area contributed by atoms with Gasteiger partial charge in [0, 0.05) is 16.2 Å². The van der Waals surface area contributed by atoms with Gasteiger partial charge < -0.3 is 4.98 Å². The van der Waals surface area contributed by atoms with Crippen molar-refractivity contribution in [2.75, 3.05) is 0 Å². The number of rotatable bonds is 1. The van der Waals surface area contributed by atoms with Crippen LogP contribution >= 0.6 is 15.9 Å². The Hall–Kier alpha value is -1.75. The maximum atomic E-state index is 13.2. The lowest BCUT2D eigenvalue weighted by molar-refractivity contribution is 0.618. The lowest BCUT2D eigenvalue weighted by atomic mass is 10.1. The molecule has 5 heteroatoms. The lowest BCUT2D eigenvalue weighted by Gasteiger charge is -1.99. The van der Waals surface area contributed by atoms with E-state index in [0.717, 1.165) is 15.6 Å². The third kappa shape index (κ3) is 1.90. The number of imidazole rings is 1. The fourth-order valence-electron chi connectivity index (χ4n) is 1.80. The minimum atomic E-state index is -0.212. The number of pyridine rings is 1. The average molecular weight is 306 g/mol. The van der Waals surface area contributed by atoms with E-state index in [-0.39, 0.29) is 5.82 Å². The van der Waals surface area contributed by atoms with Gasteiger partial charge in [-0.05, 0) is 52.7 Å². The van der Waals surface area contributed by atoms with Crippen LogP contribution in [-0.4, -0.2) is 15.0 Å². The van der Waals surface area contributed by atoms with Crippen molar-refractivity contribution >= 4 is 27.1 Å². The second-order valence-corrected chi connectivity index (χ2v) is 4.99. The lowest BCUT2D eigenvalue weighted by Crippen LogP contribution is -1.85. The Morgan fingerprint density at radius 1 is 1.28 bits per heavy atom. The molecule has 0 spiro atoms. The first-order chi connectivity index (χ1) is 8.63. The van der Waals surface area contributed by atoms with Crippen molar-refractivity contribution in [2.24, 2.45) is 0 Å². The predicted octanol–water partition coefficient (Wildman–Crippen LogP) is 3.83. The first-order valence-corrected chi connectivity index (χ1v) is 6.20. The summed E-state index contributed by atoms with van der Waals surface area (Å²) in [5.74, 6) is 0.481. The zero-order chi connectivity index (χ0) is 12.7. The molecule has 2 heterocycles. The number of hydrogen-bond acceptors (Lipinski definition) is 2. The number of nitrogens with one attached hydrogen (secondary N) is 1. The van der Waals surface area contributed by atoms with Crippen LogP contribution in [0, 0.1) is 12.7 Å². The van der Waals surface area contributed by atoms with Gasteiger partial charge in [-0.25, -0.2) is 14.4 Å². The van der Waals surface area contributed by atoms with E-state index in [1.807, 2.05) is 6.07 Å². The Labute approximate surface area is 111 Å². The number of hydrogen-bond donors (Lipinski definition) is 1. The third-order valence-electron chi connectivity index (χ3n) is 2.74. The van der Waals surface area contributed by atoms with Crippen LogP contribution in [0.5, 0.6) is 0 Å². The van der Waals surface area contributed by atoms with E-state index >= 15 is 0 Å². The molecule has 18 heavy (non-hydrogen) atoms. The van der Waals surface area contributed by atoms with Gasteiger partial charge in [0.2, 0.25) is 0 Å². The third-order valence-corrected chi connectivity index (χ3v) is 3.17. The molecule has 3 nitrogen and oxygen atoms in total. The molecule has 1 N–H and O–H groups in total. The molecule has 0 saturated carbocycles. The molecular weight excluding hydrogens is 297 g/mol. The maximum absolute atomic E-state index is 13.2. The van der Waals surface area contributed by atoms with E-state index in [0.29, 0.717) is 17.0 Å². The van der Waals surface area contributed by atoms with Crippen molar-refractivity contribution in [3.05, 3.63) is 46.3 Å². The van der Waals surface area contributed by atoms with Gasteiger partial charge in [-0.15, -0.1) is 0 Å². The molecule has 0 aliphatic rings. The second kappa shape index (κ2) is 4.17. The number of halogens is 2. The van der Waals surface area contributed by atoms with Gasteiger partial charge in [0.15, 0.2) is 5.65 Å². The molecule has 3 aromatic rings. The smallest absolute Gasteiger partial charge is 0.178 e. The summed E-state index contributed by atoms with van der Waals surface area (Å²) in [7, 11) is 0. The largest absolute Gasteiger partial charge is 0.337 e. The number of aromatic amines is 1. The zero-order valence-electron chi connectivity index (χ0n) is 9.54. The van der Waals surface area contributed by atoms with E-state index in [9.17, 15) is 4.39 Å². The van der Waals surface area contributed by atoms with Gasteiger partial charge in [-0.2, -0.15) is 0 Å². The first kappa shape index (κ1) is 11.3. The summed E-state index contributed by atoms with van der Waals surface area (Å²) in [4.78, 5) is 11.8. The molecule has 90 valence electrons. The number of aromatic nitrogens is 3. The van der Waals surface area contributed by atoms with Gasteiger partial charge >= 0.3 is 0 Å². The SMILES string of the molecule is Cc1cc(-c2nc3ncc(Br)cc3[nH]2)ccc1F. The van der Waals surface area contributed by atoms with Gasteiger partial charge in [0.25, 0.3) is 0 Å². The van der Waals surface area contributed by atoms with Gasteiger partial charge in [0.1, 0.15) is 11.6 Å². The fraction of sp³-hybridized carbons (Fsp3) is 0.0769. The van der Waals surface area contributed by atoms with Crippen LogP contribution in [0.1, 0.15) is 5.56 Å². The van der Waals surface area contributed by atoms with Crippen LogP contribution in [0.2, 0.25) is 0 Å². The fourth-order valence-corrected chi connectivity index (χ4v) is 2.13. The van der Waals surface area contributed by atoms with Crippen LogP contribution in [0.4, 0.5) is 4.39 Å². The molecule has 0 amide bonds. The summed E-state index contributed by atoms with van der Waals surface area (Å²) >= 11 is 3.36. The Morgan fingerprint density at radius 2 is 2.11 bits per heavy atom. The highest BCUT2D eigenvalue weighted by Gasteiger charge is 2.08. The Morgan fingerprint density at radius 3 is 2.89 bits per heavy atom. The quantitative estimate of drug-likeness (QED) is 0.742. The van der Waals surface area contributed by atoms with Gasteiger partial charge in [-0.3, -0.25) is 0 Å². The van der Waals surface area contributed by atoms with E-state index in [2.05, 4.69) is 30.9 Å². The van der Waals surface area contributed by atoms with E-state index in [1.54, 1.807) is 25.3 Å². The van der Waals surface area contributed by atoms with Crippen molar-refractivity contribution in [3.8, 4) is 11.4 Å². The number of H-pyrrole nitrogens is 1. The standard InChI is InChI=1S/C13H9BrFN3/c1-7-4-8(2-3-10(7)15)12-17-11-5-9(14)6-16-13(11)18-12/h2-6H,1H3,(H,16,17,18). The molecule has 0 fully saturated rings. The predicted molar refractivity (Wildman–Crippen MR) is 71.7 cm³/mol. The Balaban J connectivity index is 2.16. The minimum Gasteiger partial charge on any atom is -0.337 e. The Bertz CT molecular complexity index is 736. The summed E-state index contributed by atoms with van der Waals surface area (Å²) in [5, 5.41) is 0. The molecule has 3 rings (SSSR count). The number of nitrogens with zero attached hydrogens (tertiary/aromatic N) is 2. The average Bonchev–Trinajstić information content (AvgIpc) is 2.75. The topological polar surface area (TPSA) is 41.6 Å². The number of aryl methyl sites for hydroxylation is 1. The van der Waals surface area contributed by atoms with E-state index in [4.69, 9.17) is 0 Å². The highest BCUT2D eigenvalue weighted by Crippen LogP contribution is 2.23. The van der Waals surface area contributed by atoms with Crippen LogP contribution in [0.25, 0.3) is 22.6 Å². The molecule has 0 bridgehead atoms. The molecule has 0 unspecified atom stereocenters. The van der Waals surface area contributed by atoms with Crippen LogP contribution in [-0.2, 0) is 0 Å². The molecule has 0 aliphatic carbocycles. The summed E-state index contributed by atoms with van der Waals surface area (Å²) in [5.41, 5.74) is 2.95. The maximum Gasteiger partial charge on any atom is 0.178 e. The second-order valence-electron chi connectivity index (χ2n) is 4.07. The molecule has 0 atom stereocenters. The zero-order valence-corrected chi connectivity index (χ0v) is 11.1. The van der Waals surface area contributed by atoms with Gasteiger partial charge in [0.05, 0.1) is 5.52 Å². The normalized spacial score (nSPS) is 11.1. The monoisotopic (exact) mass is 305 g/mol. The highest BCUT2D eigenvalue weighted by atomic mass is 79.9.